The van der Waals surface area contributed by atoms with E-state index in [4.69, 9.17) is 0 Å². The molecule has 1 aliphatic rings. The van der Waals surface area contributed by atoms with Crippen molar-refractivity contribution in [1.29, 1.82) is 0 Å². The molecule has 1 saturated heterocycles. The van der Waals surface area contributed by atoms with Crippen molar-refractivity contribution in [3.05, 3.63) is 64.6 Å². The molecule has 1 atom stereocenters. The molecule has 0 unspecified atom stereocenters. The number of nitrogens with zero attached hydrogens (tertiary/aromatic N) is 1. The third-order valence-corrected chi connectivity index (χ3v) is 4.77. The van der Waals surface area contributed by atoms with Crippen molar-refractivity contribution in [3.8, 4) is 0 Å². The number of halogens is 1. The van der Waals surface area contributed by atoms with Gasteiger partial charge in [0.15, 0.2) is 0 Å². The molecule has 22 heavy (non-hydrogen) atoms. The lowest BCUT2D eigenvalue weighted by Crippen LogP contribution is -2.31. The Morgan fingerprint density at radius 1 is 1.14 bits per heavy atom. The molecular formula is C18H19BrN2O. The fourth-order valence-electron chi connectivity index (χ4n) is 2.85. The SMILES string of the molecule is O=C(NC[C@H]1CCN(c2ccccc2)C1)c1ccccc1Br. The molecule has 0 radical (unpaired) electrons. The van der Waals surface area contributed by atoms with Crippen LogP contribution in [0.4, 0.5) is 5.69 Å². The molecular weight excluding hydrogens is 340 g/mol. The fraction of sp³-hybridized carbons (Fsp3) is 0.278. The number of anilines is 1. The van der Waals surface area contributed by atoms with E-state index in [2.05, 4.69) is 50.4 Å². The van der Waals surface area contributed by atoms with E-state index >= 15 is 0 Å². The predicted octanol–water partition coefficient (Wildman–Crippen LogP) is 3.71. The number of para-hydroxylation sites is 1. The third-order valence-electron chi connectivity index (χ3n) is 4.08. The van der Waals surface area contributed by atoms with E-state index in [1.807, 2.05) is 30.3 Å². The maximum absolute atomic E-state index is 12.2. The Morgan fingerprint density at radius 2 is 1.86 bits per heavy atom. The highest BCUT2D eigenvalue weighted by Crippen LogP contribution is 2.23. The molecule has 0 saturated carbocycles. The van der Waals surface area contributed by atoms with Crippen molar-refractivity contribution in [2.45, 2.75) is 6.42 Å². The first kappa shape index (κ1) is 15.1. The maximum Gasteiger partial charge on any atom is 0.252 e. The smallest absolute Gasteiger partial charge is 0.252 e. The molecule has 0 bridgehead atoms. The highest BCUT2D eigenvalue weighted by molar-refractivity contribution is 9.10. The number of hydrogen-bond donors (Lipinski definition) is 1. The Kier molecular flexibility index (Phi) is 4.78. The van der Waals surface area contributed by atoms with Gasteiger partial charge in [-0.05, 0) is 52.5 Å². The van der Waals surface area contributed by atoms with Gasteiger partial charge in [-0.1, -0.05) is 30.3 Å². The molecule has 3 nitrogen and oxygen atoms in total. The summed E-state index contributed by atoms with van der Waals surface area (Å²) in [6.07, 6.45) is 1.12. The van der Waals surface area contributed by atoms with Gasteiger partial charge in [-0.3, -0.25) is 4.79 Å². The van der Waals surface area contributed by atoms with Crippen LogP contribution in [0.25, 0.3) is 0 Å². The molecule has 0 aliphatic carbocycles. The van der Waals surface area contributed by atoms with Gasteiger partial charge in [-0.2, -0.15) is 0 Å². The Labute approximate surface area is 139 Å². The van der Waals surface area contributed by atoms with E-state index in [-0.39, 0.29) is 5.91 Å². The number of nitrogens with one attached hydrogen (secondary N) is 1. The van der Waals surface area contributed by atoms with Gasteiger partial charge in [0.05, 0.1) is 5.56 Å². The second-order valence-corrected chi connectivity index (χ2v) is 6.48. The fourth-order valence-corrected chi connectivity index (χ4v) is 3.32. The topological polar surface area (TPSA) is 32.3 Å². The summed E-state index contributed by atoms with van der Waals surface area (Å²) in [5.41, 5.74) is 1.96. The summed E-state index contributed by atoms with van der Waals surface area (Å²) in [7, 11) is 0. The molecule has 1 amide bonds. The number of carbonyl (C=O) groups excluding carboxylic acids is 1. The Bertz CT molecular complexity index is 645. The van der Waals surface area contributed by atoms with E-state index in [0.717, 1.165) is 30.5 Å². The van der Waals surface area contributed by atoms with E-state index in [1.54, 1.807) is 0 Å². The molecule has 1 heterocycles. The van der Waals surface area contributed by atoms with Gasteiger partial charge < -0.3 is 10.2 Å². The maximum atomic E-state index is 12.2. The van der Waals surface area contributed by atoms with Gasteiger partial charge in [-0.15, -0.1) is 0 Å². The van der Waals surface area contributed by atoms with Crippen LogP contribution in [-0.4, -0.2) is 25.5 Å². The number of hydrogen-bond acceptors (Lipinski definition) is 2. The molecule has 1 N–H and O–H groups in total. The molecule has 2 aromatic carbocycles. The van der Waals surface area contributed by atoms with Crippen LogP contribution >= 0.6 is 15.9 Å². The standard InChI is InChI=1S/C18H19BrN2O/c19-17-9-5-4-8-16(17)18(22)20-12-14-10-11-21(13-14)15-6-2-1-3-7-15/h1-9,14H,10-13H2,(H,20,22)/t14-/m1/s1. The van der Waals surface area contributed by atoms with Crippen LogP contribution in [0.3, 0.4) is 0 Å². The van der Waals surface area contributed by atoms with Crippen molar-refractivity contribution in [2.24, 2.45) is 5.92 Å². The van der Waals surface area contributed by atoms with Gasteiger partial charge >= 0.3 is 0 Å². The Morgan fingerprint density at radius 3 is 2.64 bits per heavy atom. The quantitative estimate of drug-likeness (QED) is 0.903. The van der Waals surface area contributed by atoms with Gasteiger partial charge in [0.25, 0.3) is 5.91 Å². The average Bonchev–Trinajstić information content (AvgIpc) is 3.03. The lowest BCUT2D eigenvalue weighted by atomic mass is 10.1. The number of carbonyl (C=O) groups is 1. The first-order chi connectivity index (χ1) is 10.7. The van der Waals surface area contributed by atoms with Gasteiger partial charge in [-0.25, -0.2) is 0 Å². The van der Waals surface area contributed by atoms with E-state index in [1.165, 1.54) is 5.69 Å². The lowest BCUT2D eigenvalue weighted by Gasteiger charge is -2.18. The highest BCUT2D eigenvalue weighted by Gasteiger charge is 2.23. The van der Waals surface area contributed by atoms with E-state index in [9.17, 15) is 4.79 Å². The highest BCUT2D eigenvalue weighted by atomic mass is 79.9. The second-order valence-electron chi connectivity index (χ2n) is 5.63. The summed E-state index contributed by atoms with van der Waals surface area (Å²) in [5, 5.41) is 3.06. The molecule has 0 spiro atoms. The van der Waals surface area contributed by atoms with Crippen LogP contribution in [0.15, 0.2) is 59.1 Å². The van der Waals surface area contributed by atoms with Gasteiger partial charge in [0.1, 0.15) is 0 Å². The molecule has 1 aliphatic heterocycles. The van der Waals surface area contributed by atoms with Crippen LogP contribution in [-0.2, 0) is 0 Å². The minimum Gasteiger partial charge on any atom is -0.371 e. The Hall–Kier alpha value is -1.81. The summed E-state index contributed by atoms with van der Waals surface area (Å²) in [5.74, 6) is 0.497. The number of rotatable bonds is 4. The van der Waals surface area contributed by atoms with Gasteiger partial charge in [0, 0.05) is 29.8 Å². The van der Waals surface area contributed by atoms with Gasteiger partial charge in [0.2, 0.25) is 0 Å². The Balaban J connectivity index is 1.53. The van der Waals surface area contributed by atoms with E-state index in [0.29, 0.717) is 11.5 Å². The third kappa shape index (κ3) is 3.50. The molecule has 0 aromatic heterocycles. The van der Waals surface area contributed by atoms with E-state index < -0.39 is 0 Å². The van der Waals surface area contributed by atoms with Crippen molar-refractivity contribution in [2.75, 3.05) is 24.5 Å². The number of amides is 1. The van der Waals surface area contributed by atoms with Crippen LogP contribution in [0, 0.1) is 5.92 Å². The van der Waals surface area contributed by atoms with Crippen molar-refractivity contribution < 1.29 is 4.79 Å². The zero-order chi connectivity index (χ0) is 15.4. The van der Waals surface area contributed by atoms with Crippen molar-refractivity contribution >= 4 is 27.5 Å². The van der Waals surface area contributed by atoms with Crippen molar-refractivity contribution in [1.82, 2.24) is 5.32 Å². The number of benzene rings is 2. The average molecular weight is 359 g/mol. The first-order valence-electron chi connectivity index (χ1n) is 7.57. The largest absolute Gasteiger partial charge is 0.371 e. The van der Waals surface area contributed by atoms with Crippen LogP contribution in [0.2, 0.25) is 0 Å². The summed E-state index contributed by atoms with van der Waals surface area (Å²) in [6, 6.07) is 18.0. The predicted molar refractivity (Wildman–Crippen MR) is 93.2 cm³/mol. The molecule has 2 aromatic rings. The first-order valence-corrected chi connectivity index (χ1v) is 8.36. The van der Waals surface area contributed by atoms with Crippen LogP contribution in [0.1, 0.15) is 16.8 Å². The summed E-state index contributed by atoms with van der Waals surface area (Å²) < 4.78 is 0.838. The molecule has 4 heteroatoms. The van der Waals surface area contributed by atoms with Crippen molar-refractivity contribution in [3.63, 3.8) is 0 Å². The summed E-state index contributed by atoms with van der Waals surface area (Å²) in [6.45, 7) is 2.78. The lowest BCUT2D eigenvalue weighted by molar-refractivity contribution is 0.0947. The molecule has 3 rings (SSSR count). The summed E-state index contributed by atoms with van der Waals surface area (Å²) in [4.78, 5) is 14.6. The second kappa shape index (κ2) is 6.97. The summed E-state index contributed by atoms with van der Waals surface area (Å²) >= 11 is 3.42. The zero-order valence-corrected chi connectivity index (χ0v) is 13.9. The van der Waals surface area contributed by atoms with Crippen LogP contribution in [0.5, 0.6) is 0 Å². The van der Waals surface area contributed by atoms with Crippen LogP contribution < -0.4 is 10.2 Å². The monoisotopic (exact) mass is 358 g/mol. The molecule has 1 fully saturated rings. The minimum atomic E-state index is -0.00867. The molecule has 114 valence electrons. The zero-order valence-electron chi connectivity index (χ0n) is 12.3. The minimum absolute atomic E-state index is 0.00867. The normalized spacial score (nSPS) is 17.5.